The second-order valence-corrected chi connectivity index (χ2v) is 27.4. The van der Waals surface area contributed by atoms with Crippen LogP contribution in [0, 0.1) is 0 Å². The van der Waals surface area contributed by atoms with E-state index in [0.717, 1.165) is 167 Å². The molecule has 3 N–H and O–H groups in total. The van der Waals surface area contributed by atoms with E-state index in [2.05, 4.69) is 167 Å². The van der Waals surface area contributed by atoms with Gasteiger partial charge in [-0.25, -0.2) is 9.13 Å². The highest BCUT2D eigenvalue weighted by Gasteiger charge is 2.30. The first-order chi connectivity index (χ1) is 49.7. The van der Waals surface area contributed by atoms with Crippen molar-refractivity contribution in [3.8, 4) is 0 Å². The molecule has 0 spiro atoms. The van der Waals surface area contributed by atoms with Crippen molar-refractivity contribution < 1.29 is 80.2 Å². The Morgan fingerprint density at radius 3 is 0.941 bits per heavy atom. The molecule has 0 fully saturated rings. The van der Waals surface area contributed by atoms with Gasteiger partial charge < -0.3 is 33.8 Å². The number of hydrogen-bond acceptors (Lipinski definition) is 15. The zero-order valence-corrected chi connectivity index (χ0v) is 64.5. The van der Waals surface area contributed by atoms with E-state index in [-0.39, 0.29) is 25.7 Å². The van der Waals surface area contributed by atoms with Gasteiger partial charge in [-0.1, -0.05) is 274 Å². The third-order valence-electron chi connectivity index (χ3n) is 14.9. The molecule has 5 unspecified atom stereocenters. The number of aliphatic hydroxyl groups excluding tert-OH is 1. The summed E-state index contributed by atoms with van der Waals surface area (Å²) in [6, 6.07) is 0. The van der Waals surface area contributed by atoms with Crippen LogP contribution in [0.1, 0.15) is 259 Å². The fourth-order valence-electron chi connectivity index (χ4n) is 9.20. The summed E-state index contributed by atoms with van der Waals surface area (Å²) in [7, 11) is -10.0. The molecule has 0 saturated carbocycles. The van der Waals surface area contributed by atoms with Gasteiger partial charge in [0.15, 0.2) is 12.2 Å². The number of esters is 4. The topological polar surface area (TPSA) is 237 Å². The van der Waals surface area contributed by atoms with Gasteiger partial charge in [0.25, 0.3) is 0 Å². The summed E-state index contributed by atoms with van der Waals surface area (Å²) in [5.41, 5.74) is 0. The van der Waals surface area contributed by atoms with Crippen molar-refractivity contribution >= 4 is 39.5 Å². The zero-order valence-electron chi connectivity index (χ0n) is 62.7. The minimum Gasteiger partial charge on any atom is -0.462 e. The first-order valence-corrected chi connectivity index (χ1v) is 41.0. The van der Waals surface area contributed by atoms with Crippen LogP contribution in [0.5, 0.6) is 0 Å². The Balaban J connectivity index is 5.47. The van der Waals surface area contributed by atoms with Crippen molar-refractivity contribution in [2.75, 3.05) is 39.6 Å². The lowest BCUT2D eigenvalue weighted by atomic mass is 10.1. The van der Waals surface area contributed by atoms with Crippen molar-refractivity contribution in [1.82, 2.24) is 0 Å². The fourth-order valence-corrected chi connectivity index (χ4v) is 10.8. The molecule has 0 radical (unpaired) electrons. The van der Waals surface area contributed by atoms with Gasteiger partial charge in [-0.05, 0) is 141 Å². The lowest BCUT2D eigenvalue weighted by Gasteiger charge is -2.21. The highest BCUT2D eigenvalue weighted by molar-refractivity contribution is 7.47. The van der Waals surface area contributed by atoms with Crippen LogP contribution in [0.4, 0.5) is 0 Å². The number of hydrogen-bond donors (Lipinski definition) is 3. The summed E-state index contributed by atoms with van der Waals surface area (Å²) < 4.78 is 68.2. The van der Waals surface area contributed by atoms with Crippen LogP contribution >= 0.6 is 15.6 Å². The van der Waals surface area contributed by atoms with Crippen LogP contribution < -0.4 is 0 Å². The van der Waals surface area contributed by atoms with E-state index in [0.29, 0.717) is 32.1 Å². The molecule has 0 aliphatic carbocycles. The number of aliphatic hydroxyl groups is 1. The van der Waals surface area contributed by atoms with Crippen molar-refractivity contribution in [3.63, 3.8) is 0 Å². The lowest BCUT2D eigenvalue weighted by molar-refractivity contribution is -0.161. The van der Waals surface area contributed by atoms with E-state index in [1.807, 2.05) is 30.4 Å². The van der Waals surface area contributed by atoms with E-state index in [1.165, 1.54) is 6.42 Å². The normalized spacial score (nSPS) is 14.9. The Labute approximate surface area is 615 Å². The third-order valence-corrected chi connectivity index (χ3v) is 16.8. The quantitative estimate of drug-likeness (QED) is 0.0169. The number of rotatable bonds is 69. The summed E-state index contributed by atoms with van der Waals surface area (Å²) in [4.78, 5) is 72.7. The van der Waals surface area contributed by atoms with Gasteiger partial charge in [-0.15, -0.1) is 0 Å². The van der Waals surface area contributed by atoms with Crippen molar-refractivity contribution in [1.29, 1.82) is 0 Å². The second-order valence-electron chi connectivity index (χ2n) is 24.5. The molecule has 0 bridgehead atoms. The van der Waals surface area contributed by atoms with Crippen molar-refractivity contribution in [2.24, 2.45) is 0 Å². The molecule has 19 heteroatoms. The Morgan fingerprint density at radius 2 is 0.569 bits per heavy atom. The van der Waals surface area contributed by atoms with Crippen molar-refractivity contribution in [3.05, 3.63) is 182 Å². The molecular formula is C83H132O17P2. The Hall–Kier alpha value is -5.84. The van der Waals surface area contributed by atoms with Gasteiger partial charge in [0, 0.05) is 19.3 Å². The predicted molar refractivity (Wildman–Crippen MR) is 417 cm³/mol. The molecule has 0 heterocycles. The van der Waals surface area contributed by atoms with Gasteiger partial charge >= 0.3 is 39.5 Å². The first kappa shape index (κ1) is 96.2. The molecule has 102 heavy (non-hydrogen) atoms. The maximum atomic E-state index is 13.1. The molecule has 0 rings (SSSR count). The van der Waals surface area contributed by atoms with E-state index in [9.17, 15) is 43.2 Å². The number of unbranched alkanes of at least 4 members (excludes halogenated alkanes) is 14. The molecule has 0 amide bonds. The molecule has 0 aliphatic rings. The van der Waals surface area contributed by atoms with Gasteiger partial charge in [-0.2, -0.15) is 0 Å². The Morgan fingerprint density at radius 1 is 0.294 bits per heavy atom. The maximum Gasteiger partial charge on any atom is 0.472 e. The molecule has 17 nitrogen and oxygen atoms in total. The number of phosphoric ester groups is 2. The van der Waals surface area contributed by atoms with Gasteiger partial charge in [0.05, 0.1) is 32.8 Å². The summed E-state index contributed by atoms with van der Waals surface area (Å²) >= 11 is 0. The summed E-state index contributed by atoms with van der Waals surface area (Å²) in [6.07, 6.45) is 88.0. The molecule has 0 aliphatic heterocycles. The second kappa shape index (κ2) is 73.5. The number of carbonyl (C=O) groups excluding carboxylic acids is 4. The van der Waals surface area contributed by atoms with Crippen LogP contribution in [0.3, 0.4) is 0 Å². The zero-order chi connectivity index (χ0) is 74.6. The minimum absolute atomic E-state index is 0.0262. The lowest BCUT2D eigenvalue weighted by Crippen LogP contribution is -2.30. The number of phosphoric acid groups is 2. The van der Waals surface area contributed by atoms with E-state index >= 15 is 0 Å². The Bertz CT molecular complexity index is 2650. The average molecular weight is 1460 g/mol. The summed E-state index contributed by atoms with van der Waals surface area (Å²) in [6.45, 7) is 4.23. The SMILES string of the molecule is CC/C=C\C/C=C\C/C=C\C/C=C\C/C=C\C/C=C\CCC(=O)OCC(COP(=O)(O)OCC(O)COP(=O)(O)OCC(COC(=O)CCCCCCCCC/C=C\C/C=C\C/C=C\CC)OC(=O)C/C=C\C/C=C\C/C=C\C/C=C\C/C=C\CC)OC(=O)CCCCCCC/C=C\CCCC. The molecule has 0 aromatic heterocycles. The highest BCUT2D eigenvalue weighted by Crippen LogP contribution is 2.45. The standard InChI is InChI=1S/C83H132O17P2/c1-5-9-13-17-21-25-29-32-35-37-38-40-43-45-49-52-56-60-64-68-80(85)93-73-78(99-82(87)69-65-61-57-53-47-28-24-20-16-12-8-4)75-97-101(89,90)95-71-77(84)72-96-102(91,92)98-76-79(100-83(88)70-66-62-58-54-50-46-41-34-31-27-23-19-15-11-7-3)74-94-81(86)67-63-59-55-51-48-44-42-39-36-33-30-26-22-18-14-10-6-2/h9-11,13-15,20-27,32-36,38,40-41,45,49-50,54,56,60,62,66,77-79,84H,5-8,12,16-19,28-31,37,39,42-44,46-48,51-53,55,57-59,61,63-65,67-76H2,1-4H3,(H,89,90)(H,91,92)/b13-9-,14-10-,15-11-,24-20-,25-21-,26-22-,27-23-,35-32-,36-33-,40-38-,41-34-,49-45-,54-50-,60-56-,66-62-. The largest absolute Gasteiger partial charge is 0.472 e. The maximum absolute atomic E-state index is 13.1. The number of carbonyl (C=O) groups is 4. The number of ether oxygens (including phenoxy) is 4. The van der Waals surface area contributed by atoms with Crippen LogP contribution in [0.15, 0.2) is 182 Å². The molecular weight excluding hydrogens is 1330 g/mol. The predicted octanol–water partition coefficient (Wildman–Crippen LogP) is 22.0. The molecule has 0 aromatic rings. The van der Waals surface area contributed by atoms with Gasteiger partial charge in [0.1, 0.15) is 19.3 Å². The number of allylic oxidation sites excluding steroid dienone is 29. The monoisotopic (exact) mass is 1460 g/mol. The van der Waals surface area contributed by atoms with Crippen LogP contribution in [0.2, 0.25) is 0 Å². The molecule has 5 atom stereocenters. The average Bonchev–Trinajstić information content (AvgIpc) is 0.926. The summed E-state index contributed by atoms with van der Waals surface area (Å²) in [5, 5.41) is 10.6. The summed E-state index contributed by atoms with van der Waals surface area (Å²) in [5.74, 6) is -2.46. The molecule has 0 aromatic carbocycles. The molecule has 0 saturated heterocycles. The van der Waals surface area contributed by atoms with Crippen molar-refractivity contribution in [2.45, 2.75) is 277 Å². The van der Waals surface area contributed by atoms with Crippen LogP contribution in [-0.4, -0.2) is 96.7 Å². The van der Waals surface area contributed by atoms with Crippen LogP contribution in [0.25, 0.3) is 0 Å². The van der Waals surface area contributed by atoms with Gasteiger partial charge in [0.2, 0.25) is 0 Å². The minimum atomic E-state index is -5.01. The highest BCUT2D eigenvalue weighted by atomic mass is 31.2. The van der Waals surface area contributed by atoms with E-state index in [1.54, 1.807) is 12.2 Å². The molecule has 576 valence electrons. The van der Waals surface area contributed by atoms with E-state index in [4.69, 9.17) is 37.0 Å². The van der Waals surface area contributed by atoms with Gasteiger partial charge in [-0.3, -0.25) is 37.3 Å². The first-order valence-electron chi connectivity index (χ1n) is 38.0. The Kier molecular flexibility index (Phi) is 69.3. The fraction of sp³-hybridized carbons (Fsp3) is 0.590. The van der Waals surface area contributed by atoms with Crippen LogP contribution in [-0.2, 0) is 65.4 Å². The smallest absolute Gasteiger partial charge is 0.462 e. The third kappa shape index (κ3) is 72.5. The van der Waals surface area contributed by atoms with E-state index < -0.39 is 97.5 Å².